The lowest BCUT2D eigenvalue weighted by atomic mass is 10.2. The van der Waals surface area contributed by atoms with E-state index in [-0.39, 0.29) is 0 Å². The van der Waals surface area contributed by atoms with Crippen molar-refractivity contribution >= 4 is 22.4 Å². The van der Waals surface area contributed by atoms with E-state index >= 15 is 0 Å². The molecular formula is C10H16N2O2S. The van der Waals surface area contributed by atoms with Crippen LogP contribution >= 0.6 is 11.3 Å². The monoisotopic (exact) mass is 228 g/mol. The number of thiazole rings is 1. The minimum absolute atomic E-state index is 0.333. The van der Waals surface area contributed by atoms with Gasteiger partial charge >= 0.3 is 5.97 Å². The summed E-state index contributed by atoms with van der Waals surface area (Å²) in [5.41, 5.74) is 0.595. The predicted molar refractivity (Wildman–Crippen MR) is 62.0 cm³/mol. The number of aromatic carboxylic acids is 1. The van der Waals surface area contributed by atoms with E-state index in [4.69, 9.17) is 5.11 Å². The molecule has 84 valence electrons. The van der Waals surface area contributed by atoms with Crippen molar-refractivity contribution in [1.29, 1.82) is 0 Å². The van der Waals surface area contributed by atoms with Crippen LogP contribution in [-0.4, -0.2) is 29.1 Å². The van der Waals surface area contributed by atoms with Crippen molar-refractivity contribution in [3.05, 3.63) is 10.6 Å². The number of carbonyl (C=O) groups is 1. The second-order valence-electron chi connectivity index (χ2n) is 3.58. The van der Waals surface area contributed by atoms with E-state index in [1.54, 1.807) is 6.92 Å². The van der Waals surface area contributed by atoms with E-state index in [9.17, 15) is 4.79 Å². The molecule has 1 atom stereocenters. The van der Waals surface area contributed by atoms with Crippen LogP contribution in [0.3, 0.4) is 0 Å². The van der Waals surface area contributed by atoms with Gasteiger partial charge in [0.25, 0.3) is 0 Å². The minimum Gasteiger partial charge on any atom is -0.477 e. The lowest BCUT2D eigenvalue weighted by Gasteiger charge is -2.22. The number of hydrogen-bond donors (Lipinski definition) is 1. The van der Waals surface area contributed by atoms with Crippen LogP contribution in [0.4, 0.5) is 5.13 Å². The molecule has 5 heteroatoms. The molecule has 0 radical (unpaired) electrons. The fourth-order valence-electron chi connectivity index (χ4n) is 1.19. The van der Waals surface area contributed by atoms with Crippen LogP contribution < -0.4 is 4.90 Å². The Hall–Kier alpha value is -1.10. The zero-order valence-corrected chi connectivity index (χ0v) is 10.3. The Kier molecular flexibility index (Phi) is 3.68. The third-order valence-electron chi connectivity index (χ3n) is 2.53. The first-order valence-electron chi connectivity index (χ1n) is 4.90. The summed E-state index contributed by atoms with van der Waals surface area (Å²) in [4.78, 5) is 17.5. The van der Waals surface area contributed by atoms with Gasteiger partial charge in [0.15, 0.2) is 5.13 Å². The lowest BCUT2D eigenvalue weighted by Crippen LogP contribution is -2.27. The van der Waals surface area contributed by atoms with Gasteiger partial charge in [-0.05, 0) is 20.3 Å². The maximum absolute atomic E-state index is 10.8. The molecule has 0 amide bonds. The Morgan fingerprint density at radius 3 is 2.67 bits per heavy atom. The summed E-state index contributed by atoms with van der Waals surface area (Å²) < 4.78 is 0. The number of carboxylic acids is 1. The Morgan fingerprint density at radius 1 is 1.67 bits per heavy atom. The summed E-state index contributed by atoms with van der Waals surface area (Å²) >= 11 is 1.23. The van der Waals surface area contributed by atoms with Gasteiger partial charge in [-0.1, -0.05) is 18.3 Å². The summed E-state index contributed by atoms with van der Waals surface area (Å²) in [6.45, 7) is 5.92. The van der Waals surface area contributed by atoms with E-state index in [1.165, 1.54) is 11.3 Å². The van der Waals surface area contributed by atoms with E-state index < -0.39 is 5.97 Å². The molecule has 0 saturated heterocycles. The molecule has 15 heavy (non-hydrogen) atoms. The van der Waals surface area contributed by atoms with Gasteiger partial charge < -0.3 is 10.0 Å². The summed E-state index contributed by atoms with van der Waals surface area (Å²) in [7, 11) is 1.94. The first-order valence-corrected chi connectivity index (χ1v) is 5.72. The zero-order valence-electron chi connectivity index (χ0n) is 9.44. The van der Waals surface area contributed by atoms with Gasteiger partial charge in [-0.25, -0.2) is 9.78 Å². The van der Waals surface area contributed by atoms with Crippen LogP contribution in [0.5, 0.6) is 0 Å². The number of rotatable bonds is 4. The first-order chi connectivity index (χ1) is 6.97. The summed E-state index contributed by atoms with van der Waals surface area (Å²) in [6, 6.07) is 0.372. The largest absolute Gasteiger partial charge is 0.477 e. The Morgan fingerprint density at radius 2 is 2.27 bits per heavy atom. The van der Waals surface area contributed by atoms with E-state index in [0.29, 0.717) is 16.6 Å². The summed E-state index contributed by atoms with van der Waals surface area (Å²) in [5.74, 6) is -0.895. The summed E-state index contributed by atoms with van der Waals surface area (Å²) in [6.07, 6.45) is 1.01. The van der Waals surface area contributed by atoms with Crippen molar-refractivity contribution in [3.8, 4) is 0 Å². The Balaban J connectivity index is 2.97. The standard InChI is InChI=1S/C10H16N2O2S/c1-5-6(2)12(4)10-11-7(3)8(15-10)9(13)14/h6H,5H2,1-4H3,(H,13,14). The van der Waals surface area contributed by atoms with E-state index in [0.717, 1.165) is 11.6 Å². The van der Waals surface area contributed by atoms with Crippen LogP contribution in [-0.2, 0) is 0 Å². The molecular weight excluding hydrogens is 212 g/mol. The van der Waals surface area contributed by atoms with Crippen LogP contribution in [0.15, 0.2) is 0 Å². The highest BCUT2D eigenvalue weighted by atomic mass is 32.1. The molecule has 0 saturated carbocycles. The van der Waals surface area contributed by atoms with Gasteiger partial charge in [-0.2, -0.15) is 0 Å². The SMILES string of the molecule is CCC(C)N(C)c1nc(C)c(C(=O)O)s1. The normalized spacial score (nSPS) is 12.5. The number of anilines is 1. The second kappa shape index (κ2) is 4.61. The van der Waals surface area contributed by atoms with Crippen molar-refractivity contribution in [2.24, 2.45) is 0 Å². The van der Waals surface area contributed by atoms with Crippen molar-refractivity contribution in [1.82, 2.24) is 4.98 Å². The van der Waals surface area contributed by atoms with Crippen LogP contribution in [0.2, 0.25) is 0 Å². The summed E-state index contributed by atoms with van der Waals surface area (Å²) in [5, 5.41) is 9.69. The molecule has 1 heterocycles. The molecule has 0 bridgehead atoms. The molecule has 0 aliphatic carbocycles. The maximum Gasteiger partial charge on any atom is 0.347 e. The van der Waals surface area contributed by atoms with Crippen LogP contribution in [0.25, 0.3) is 0 Å². The lowest BCUT2D eigenvalue weighted by molar-refractivity contribution is 0.0701. The highest BCUT2D eigenvalue weighted by molar-refractivity contribution is 7.17. The highest BCUT2D eigenvalue weighted by Gasteiger charge is 2.18. The zero-order chi connectivity index (χ0) is 11.6. The van der Waals surface area contributed by atoms with Crippen LogP contribution in [0.1, 0.15) is 35.6 Å². The van der Waals surface area contributed by atoms with Gasteiger partial charge in [0.1, 0.15) is 4.88 Å². The van der Waals surface area contributed by atoms with Crippen LogP contribution in [0, 0.1) is 6.92 Å². The fraction of sp³-hybridized carbons (Fsp3) is 0.600. The van der Waals surface area contributed by atoms with Crippen molar-refractivity contribution in [3.63, 3.8) is 0 Å². The number of hydrogen-bond acceptors (Lipinski definition) is 4. The van der Waals surface area contributed by atoms with Gasteiger partial charge in [0.05, 0.1) is 5.69 Å². The van der Waals surface area contributed by atoms with E-state index in [2.05, 4.69) is 18.8 Å². The molecule has 1 aromatic rings. The molecule has 1 rings (SSSR count). The van der Waals surface area contributed by atoms with Gasteiger partial charge in [-0.3, -0.25) is 0 Å². The molecule has 1 aromatic heterocycles. The number of aryl methyl sites for hydroxylation is 1. The molecule has 0 aliphatic heterocycles. The number of carboxylic acid groups (broad SMARTS) is 1. The number of nitrogens with zero attached hydrogens (tertiary/aromatic N) is 2. The molecule has 0 spiro atoms. The Bertz CT molecular complexity index is 362. The fourth-order valence-corrected chi connectivity index (χ4v) is 2.16. The predicted octanol–water partition coefficient (Wildman–Crippen LogP) is 2.38. The third kappa shape index (κ3) is 2.47. The topological polar surface area (TPSA) is 53.4 Å². The molecule has 0 aliphatic rings. The van der Waals surface area contributed by atoms with Gasteiger partial charge in [-0.15, -0.1) is 0 Å². The van der Waals surface area contributed by atoms with Gasteiger partial charge in [0.2, 0.25) is 0 Å². The average molecular weight is 228 g/mol. The minimum atomic E-state index is -0.895. The second-order valence-corrected chi connectivity index (χ2v) is 4.56. The van der Waals surface area contributed by atoms with E-state index in [1.807, 2.05) is 11.9 Å². The first kappa shape index (κ1) is 12.0. The van der Waals surface area contributed by atoms with Gasteiger partial charge in [0, 0.05) is 13.1 Å². The van der Waals surface area contributed by atoms with Crippen molar-refractivity contribution in [2.75, 3.05) is 11.9 Å². The van der Waals surface area contributed by atoms with Crippen molar-refractivity contribution < 1.29 is 9.90 Å². The highest BCUT2D eigenvalue weighted by Crippen LogP contribution is 2.26. The quantitative estimate of drug-likeness (QED) is 0.859. The molecule has 4 nitrogen and oxygen atoms in total. The molecule has 1 N–H and O–H groups in total. The maximum atomic E-state index is 10.8. The Labute approximate surface area is 93.6 Å². The molecule has 1 unspecified atom stereocenters. The third-order valence-corrected chi connectivity index (χ3v) is 3.77. The smallest absolute Gasteiger partial charge is 0.347 e. The average Bonchev–Trinajstić information content (AvgIpc) is 2.58. The number of aromatic nitrogens is 1. The molecule has 0 aromatic carbocycles. The van der Waals surface area contributed by atoms with Crippen molar-refractivity contribution in [2.45, 2.75) is 33.2 Å². The molecule has 0 fully saturated rings.